The zero-order valence-corrected chi connectivity index (χ0v) is 20.1. The Labute approximate surface area is 200 Å². The van der Waals surface area contributed by atoms with Crippen molar-refractivity contribution in [2.75, 3.05) is 26.2 Å². The fourth-order valence-electron chi connectivity index (χ4n) is 5.34. The number of carbonyl (C=O) groups is 1. The molecule has 4 rings (SSSR count). The Morgan fingerprint density at radius 1 is 1.15 bits per heavy atom. The highest BCUT2D eigenvalue weighted by Crippen LogP contribution is 2.33. The van der Waals surface area contributed by atoms with Gasteiger partial charge in [-0.1, -0.05) is 18.9 Å². The molecule has 0 amide bonds. The van der Waals surface area contributed by atoms with Gasteiger partial charge in [0, 0.05) is 57.4 Å². The van der Waals surface area contributed by atoms with Gasteiger partial charge in [-0.3, -0.25) is 9.48 Å². The first-order valence-electron chi connectivity index (χ1n) is 12.6. The molecular formula is C26H36F2N4O2. The van der Waals surface area contributed by atoms with Crippen LogP contribution in [0.1, 0.15) is 55.3 Å². The molecule has 1 fully saturated rings. The van der Waals surface area contributed by atoms with Crippen molar-refractivity contribution >= 4 is 5.78 Å². The fourth-order valence-corrected chi connectivity index (χ4v) is 5.34. The van der Waals surface area contributed by atoms with Crippen LogP contribution in [0.2, 0.25) is 0 Å². The van der Waals surface area contributed by atoms with Crippen LogP contribution in [0.25, 0.3) is 0 Å². The third-order valence-corrected chi connectivity index (χ3v) is 7.26. The van der Waals surface area contributed by atoms with E-state index in [0.717, 1.165) is 62.5 Å². The van der Waals surface area contributed by atoms with E-state index in [9.17, 15) is 13.6 Å². The number of ether oxygens (including phenoxy) is 1. The SMILES string of the molecule is Cn1cc(CC(=O)CC2CCC(CCN3CCc4ccc(OCC(F)F)nc4CC3)CC2)cn1. The minimum Gasteiger partial charge on any atom is -0.472 e. The van der Waals surface area contributed by atoms with Crippen LogP contribution in [0.4, 0.5) is 8.78 Å². The van der Waals surface area contributed by atoms with Crippen molar-refractivity contribution in [3.63, 3.8) is 0 Å². The Bertz CT molecular complexity index is 941. The number of fused-ring (bicyclic) bond motifs is 1. The third-order valence-electron chi connectivity index (χ3n) is 7.26. The molecule has 34 heavy (non-hydrogen) atoms. The smallest absolute Gasteiger partial charge is 0.272 e. The lowest BCUT2D eigenvalue weighted by Crippen LogP contribution is -2.29. The van der Waals surface area contributed by atoms with Gasteiger partial charge in [0.2, 0.25) is 5.88 Å². The molecule has 1 aliphatic heterocycles. The first kappa shape index (κ1) is 24.8. The Morgan fingerprint density at radius 3 is 2.65 bits per heavy atom. The lowest BCUT2D eigenvalue weighted by Gasteiger charge is -2.30. The second-order valence-corrected chi connectivity index (χ2v) is 9.92. The number of pyridine rings is 1. The summed E-state index contributed by atoms with van der Waals surface area (Å²) in [5.41, 5.74) is 3.18. The van der Waals surface area contributed by atoms with Gasteiger partial charge < -0.3 is 9.64 Å². The van der Waals surface area contributed by atoms with Crippen LogP contribution in [-0.4, -0.2) is 58.1 Å². The fraction of sp³-hybridized carbons (Fsp3) is 0.654. The summed E-state index contributed by atoms with van der Waals surface area (Å²) < 4.78 is 31.6. The molecule has 2 aromatic rings. The number of halogens is 2. The van der Waals surface area contributed by atoms with E-state index in [1.807, 2.05) is 19.3 Å². The van der Waals surface area contributed by atoms with Gasteiger partial charge in [-0.15, -0.1) is 0 Å². The average molecular weight is 475 g/mol. The number of carbonyl (C=O) groups excluding carboxylic acids is 1. The molecule has 0 radical (unpaired) electrons. The Balaban J connectivity index is 1.15. The van der Waals surface area contributed by atoms with Gasteiger partial charge in [0.25, 0.3) is 6.43 Å². The van der Waals surface area contributed by atoms with Gasteiger partial charge >= 0.3 is 0 Å². The normalized spacial score (nSPS) is 21.3. The van der Waals surface area contributed by atoms with E-state index in [0.29, 0.717) is 30.4 Å². The number of aryl methyl sites for hydroxylation is 1. The average Bonchev–Trinajstić information content (AvgIpc) is 3.11. The van der Waals surface area contributed by atoms with Crippen molar-refractivity contribution in [3.8, 4) is 5.88 Å². The van der Waals surface area contributed by atoms with Gasteiger partial charge in [-0.25, -0.2) is 13.8 Å². The van der Waals surface area contributed by atoms with Crippen LogP contribution >= 0.6 is 0 Å². The molecule has 0 N–H and O–H groups in total. The first-order chi connectivity index (χ1) is 16.4. The number of aromatic nitrogens is 3. The predicted molar refractivity (Wildman–Crippen MR) is 126 cm³/mol. The Morgan fingerprint density at radius 2 is 1.91 bits per heavy atom. The zero-order valence-electron chi connectivity index (χ0n) is 20.1. The highest BCUT2D eigenvalue weighted by molar-refractivity contribution is 5.80. The quantitative estimate of drug-likeness (QED) is 0.515. The molecule has 0 saturated heterocycles. The maximum absolute atomic E-state index is 12.4. The second kappa shape index (κ2) is 11.9. The van der Waals surface area contributed by atoms with Crippen LogP contribution in [0.15, 0.2) is 24.5 Å². The number of alkyl halides is 2. The monoisotopic (exact) mass is 474 g/mol. The summed E-state index contributed by atoms with van der Waals surface area (Å²) >= 11 is 0. The molecule has 2 aliphatic rings. The molecule has 6 nitrogen and oxygen atoms in total. The predicted octanol–water partition coefficient (Wildman–Crippen LogP) is 4.26. The van der Waals surface area contributed by atoms with Crippen molar-refractivity contribution in [1.29, 1.82) is 0 Å². The summed E-state index contributed by atoms with van der Waals surface area (Å²) in [4.78, 5) is 19.4. The van der Waals surface area contributed by atoms with Crippen LogP contribution in [0.5, 0.6) is 5.88 Å². The molecule has 3 heterocycles. The summed E-state index contributed by atoms with van der Waals surface area (Å²) in [6, 6.07) is 3.68. The van der Waals surface area contributed by atoms with E-state index in [1.54, 1.807) is 16.9 Å². The molecule has 186 valence electrons. The molecule has 0 unspecified atom stereocenters. The van der Waals surface area contributed by atoms with Crippen molar-refractivity contribution in [2.45, 2.75) is 64.2 Å². The van der Waals surface area contributed by atoms with Gasteiger partial charge in [-0.2, -0.15) is 5.10 Å². The number of Topliss-reactive ketones (excluding diaryl/α,β-unsaturated/α-hetero) is 1. The van der Waals surface area contributed by atoms with Crippen molar-refractivity contribution in [2.24, 2.45) is 18.9 Å². The van der Waals surface area contributed by atoms with Gasteiger partial charge in [0.1, 0.15) is 5.78 Å². The lowest BCUT2D eigenvalue weighted by atomic mass is 9.78. The Hall–Kier alpha value is -2.35. The maximum Gasteiger partial charge on any atom is 0.272 e. The Kier molecular flexibility index (Phi) is 8.64. The molecule has 0 spiro atoms. The first-order valence-corrected chi connectivity index (χ1v) is 12.6. The van der Waals surface area contributed by atoms with Crippen LogP contribution in [0, 0.1) is 11.8 Å². The van der Waals surface area contributed by atoms with Crippen LogP contribution in [0.3, 0.4) is 0 Å². The molecular weight excluding hydrogens is 438 g/mol. The summed E-state index contributed by atoms with van der Waals surface area (Å²) in [6.45, 7) is 2.41. The molecule has 1 aliphatic carbocycles. The van der Waals surface area contributed by atoms with Gasteiger partial charge in [0.15, 0.2) is 6.61 Å². The largest absolute Gasteiger partial charge is 0.472 e. The van der Waals surface area contributed by atoms with Gasteiger partial charge in [-0.05, 0) is 55.2 Å². The molecule has 8 heteroatoms. The minimum atomic E-state index is -2.49. The topological polar surface area (TPSA) is 60.2 Å². The number of nitrogens with zero attached hydrogens (tertiary/aromatic N) is 4. The van der Waals surface area contributed by atoms with E-state index in [-0.39, 0.29) is 0 Å². The standard InChI is InChI=1S/C26H36F2N4O2/c1-31-17-21(16-29-31)15-23(33)14-20-4-2-19(3-5-20)8-11-32-12-9-22-6-7-26(34-18-25(27)28)30-24(22)10-13-32/h6-7,16-17,19-20,25H,2-5,8-15,18H2,1H3. The van der Waals surface area contributed by atoms with Crippen molar-refractivity contribution in [3.05, 3.63) is 41.3 Å². The number of hydrogen-bond acceptors (Lipinski definition) is 5. The summed E-state index contributed by atoms with van der Waals surface area (Å²) in [7, 11) is 1.88. The summed E-state index contributed by atoms with van der Waals surface area (Å²) in [5.74, 6) is 1.89. The van der Waals surface area contributed by atoms with Gasteiger partial charge in [0.05, 0.1) is 6.20 Å². The molecule has 0 bridgehead atoms. The summed E-state index contributed by atoms with van der Waals surface area (Å²) in [5, 5.41) is 4.15. The number of hydrogen-bond donors (Lipinski definition) is 0. The van der Waals surface area contributed by atoms with Crippen LogP contribution < -0.4 is 4.74 Å². The van der Waals surface area contributed by atoms with E-state index in [2.05, 4.69) is 15.0 Å². The number of rotatable bonds is 10. The maximum atomic E-state index is 12.4. The van der Waals surface area contributed by atoms with E-state index in [4.69, 9.17) is 4.74 Å². The molecule has 0 atom stereocenters. The zero-order chi connectivity index (χ0) is 23.9. The van der Waals surface area contributed by atoms with E-state index in [1.165, 1.54) is 24.8 Å². The highest BCUT2D eigenvalue weighted by Gasteiger charge is 2.24. The van der Waals surface area contributed by atoms with Crippen molar-refractivity contribution < 1.29 is 18.3 Å². The molecule has 2 aromatic heterocycles. The second-order valence-electron chi connectivity index (χ2n) is 9.92. The number of ketones is 1. The molecule has 1 saturated carbocycles. The lowest BCUT2D eigenvalue weighted by molar-refractivity contribution is -0.119. The van der Waals surface area contributed by atoms with E-state index >= 15 is 0 Å². The van der Waals surface area contributed by atoms with Crippen molar-refractivity contribution in [1.82, 2.24) is 19.7 Å². The third kappa shape index (κ3) is 7.32. The highest BCUT2D eigenvalue weighted by atomic mass is 19.3. The molecule has 0 aromatic carbocycles. The van der Waals surface area contributed by atoms with Crippen LogP contribution in [-0.2, 0) is 31.1 Å². The van der Waals surface area contributed by atoms with E-state index < -0.39 is 13.0 Å². The summed E-state index contributed by atoms with van der Waals surface area (Å²) in [6.07, 6.45) is 10.1. The minimum absolute atomic E-state index is 0.295.